The summed E-state index contributed by atoms with van der Waals surface area (Å²) in [7, 11) is 3.89. The van der Waals surface area contributed by atoms with E-state index in [9.17, 15) is 9.18 Å². The first kappa shape index (κ1) is 19.9. The average Bonchev–Trinajstić information content (AvgIpc) is 2.69. The van der Waals surface area contributed by atoms with Gasteiger partial charge in [-0.05, 0) is 37.8 Å². The lowest BCUT2D eigenvalue weighted by atomic mass is 9.91. The number of hydrogen-bond acceptors (Lipinski definition) is 5. The fourth-order valence-electron chi connectivity index (χ4n) is 3.29. The molecule has 2 amide bonds. The zero-order valence-corrected chi connectivity index (χ0v) is 16.3. The molecule has 0 unspecified atom stereocenters. The molecule has 1 aromatic heterocycles. The minimum atomic E-state index is -0.310. The maximum absolute atomic E-state index is 13.6. The van der Waals surface area contributed by atoms with Crippen molar-refractivity contribution in [3.8, 4) is 0 Å². The van der Waals surface area contributed by atoms with Crippen LogP contribution in [-0.2, 0) is 6.54 Å². The molecule has 28 heavy (non-hydrogen) atoms. The van der Waals surface area contributed by atoms with Crippen molar-refractivity contribution in [1.29, 1.82) is 0 Å². The average molecular weight is 386 g/mol. The highest BCUT2D eigenvalue weighted by Crippen LogP contribution is 2.21. The van der Waals surface area contributed by atoms with Crippen molar-refractivity contribution in [3.63, 3.8) is 0 Å². The summed E-state index contributed by atoms with van der Waals surface area (Å²) < 4.78 is 13.6. The monoisotopic (exact) mass is 386 g/mol. The predicted octanol–water partition coefficient (Wildman–Crippen LogP) is 2.90. The van der Waals surface area contributed by atoms with Gasteiger partial charge in [0.1, 0.15) is 11.6 Å². The number of nitrogens with zero attached hydrogens (tertiary/aromatic N) is 3. The van der Waals surface area contributed by atoms with Crippen LogP contribution in [0.5, 0.6) is 0 Å². The topological polar surface area (TPSA) is 82.2 Å². The van der Waals surface area contributed by atoms with E-state index >= 15 is 0 Å². The van der Waals surface area contributed by atoms with Gasteiger partial charge in [0.15, 0.2) is 0 Å². The van der Waals surface area contributed by atoms with Crippen LogP contribution in [0.25, 0.3) is 0 Å². The van der Waals surface area contributed by atoms with Gasteiger partial charge >= 0.3 is 6.03 Å². The van der Waals surface area contributed by atoms with E-state index in [1.807, 2.05) is 25.1 Å². The van der Waals surface area contributed by atoms with Crippen molar-refractivity contribution < 1.29 is 9.18 Å². The fourth-order valence-corrected chi connectivity index (χ4v) is 3.29. The van der Waals surface area contributed by atoms with E-state index < -0.39 is 0 Å². The Kier molecular flexibility index (Phi) is 6.62. The van der Waals surface area contributed by atoms with Crippen molar-refractivity contribution in [1.82, 2.24) is 20.6 Å². The largest absolute Gasteiger partial charge is 0.363 e. The number of nitrogens with one attached hydrogen (secondary N) is 3. The van der Waals surface area contributed by atoms with E-state index in [4.69, 9.17) is 0 Å². The van der Waals surface area contributed by atoms with Gasteiger partial charge in [0, 0.05) is 44.5 Å². The zero-order valence-electron chi connectivity index (χ0n) is 16.3. The number of urea groups is 1. The number of amides is 2. The molecule has 3 N–H and O–H groups in total. The van der Waals surface area contributed by atoms with Gasteiger partial charge in [-0.1, -0.05) is 18.2 Å². The van der Waals surface area contributed by atoms with Crippen LogP contribution in [0.3, 0.4) is 0 Å². The van der Waals surface area contributed by atoms with E-state index in [2.05, 4.69) is 25.9 Å². The maximum Gasteiger partial charge on any atom is 0.315 e. The van der Waals surface area contributed by atoms with Crippen molar-refractivity contribution >= 4 is 17.8 Å². The highest BCUT2D eigenvalue weighted by Gasteiger charge is 2.23. The van der Waals surface area contributed by atoms with Crippen LogP contribution in [0.2, 0.25) is 0 Å². The molecule has 0 bridgehead atoms. The quantitative estimate of drug-likeness (QED) is 0.711. The molecule has 0 aliphatic heterocycles. The summed E-state index contributed by atoms with van der Waals surface area (Å²) in [6, 6.07) is 8.45. The van der Waals surface area contributed by atoms with E-state index in [0.29, 0.717) is 11.5 Å². The van der Waals surface area contributed by atoms with Gasteiger partial charge in [0.25, 0.3) is 0 Å². The van der Waals surface area contributed by atoms with Crippen LogP contribution >= 0.6 is 0 Å². The Morgan fingerprint density at radius 1 is 1.14 bits per heavy atom. The Balaban J connectivity index is 1.41. The van der Waals surface area contributed by atoms with E-state index in [-0.39, 0.29) is 30.5 Å². The third kappa shape index (κ3) is 5.55. The lowest BCUT2D eigenvalue weighted by Crippen LogP contribution is -2.44. The molecule has 0 atom stereocenters. The van der Waals surface area contributed by atoms with Crippen molar-refractivity contribution in [2.24, 2.45) is 0 Å². The number of halogens is 1. The van der Waals surface area contributed by atoms with Crippen LogP contribution in [0, 0.1) is 5.82 Å². The summed E-state index contributed by atoms with van der Waals surface area (Å²) in [6.45, 7) is 0.176. The molecular formula is C20H27FN6O. The molecule has 1 aliphatic rings. The predicted molar refractivity (Wildman–Crippen MR) is 108 cm³/mol. The minimum absolute atomic E-state index is 0.118. The molecule has 1 aliphatic carbocycles. The Hall–Kier alpha value is -2.90. The summed E-state index contributed by atoms with van der Waals surface area (Å²) in [6.07, 6.45) is 5.34. The van der Waals surface area contributed by atoms with Gasteiger partial charge in [-0.25, -0.2) is 14.2 Å². The first-order chi connectivity index (χ1) is 13.5. The Morgan fingerprint density at radius 3 is 2.57 bits per heavy atom. The Morgan fingerprint density at radius 2 is 1.86 bits per heavy atom. The lowest BCUT2D eigenvalue weighted by Gasteiger charge is -2.29. The molecular weight excluding hydrogens is 359 g/mol. The number of carbonyl (C=O) groups excluding carboxylic acids is 1. The van der Waals surface area contributed by atoms with E-state index in [1.165, 1.54) is 6.07 Å². The van der Waals surface area contributed by atoms with E-state index in [0.717, 1.165) is 31.5 Å². The summed E-state index contributed by atoms with van der Waals surface area (Å²) >= 11 is 0. The van der Waals surface area contributed by atoms with Crippen LogP contribution < -0.4 is 20.9 Å². The van der Waals surface area contributed by atoms with Crippen LogP contribution in [0.15, 0.2) is 36.5 Å². The molecule has 1 heterocycles. The molecule has 0 saturated heterocycles. The fraction of sp³-hybridized carbons (Fsp3) is 0.450. The summed E-state index contributed by atoms with van der Waals surface area (Å²) in [5, 5.41) is 9.09. The van der Waals surface area contributed by atoms with Gasteiger partial charge in [-0.15, -0.1) is 0 Å². The molecule has 0 spiro atoms. The van der Waals surface area contributed by atoms with Crippen LogP contribution in [0.1, 0.15) is 31.2 Å². The zero-order chi connectivity index (χ0) is 19.9. The summed E-state index contributed by atoms with van der Waals surface area (Å²) in [4.78, 5) is 22.8. The molecule has 1 aromatic carbocycles. The number of hydrogen-bond donors (Lipinski definition) is 3. The van der Waals surface area contributed by atoms with E-state index in [1.54, 1.807) is 24.4 Å². The molecule has 1 fully saturated rings. The third-order valence-electron chi connectivity index (χ3n) is 4.89. The number of benzene rings is 1. The second kappa shape index (κ2) is 9.34. The molecule has 1 saturated carbocycles. The lowest BCUT2D eigenvalue weighted by molar-refractivity contribution is 0.231. The SMILES string of the molecule is CN(C)c1ccnc(N[C@H]2CC[C@@H](NC(=O)NCc3ccccc3F)CC2)n1. The summed E-state index contributed by atoms with van der Waals surface area (Å²) in [5.74, 6) is 1.18. The number of rotatable bonds is 6. The third-order valence-corrected chi connectivity index (χ3v) is 4.89. The molecule has 8 heteroatoms. The van der Waals surface area contributed by atoms with Gasteiger partial charge in [-0.3, -0.25) is 0 Å². The molecule has 3 rings (SSSR count). The second-order valence-corrected chi connectivity index (χ2v) is 7.24. The van der Waals surface area contributed by atoms with Crippen molar-refractivity contribution in [2.45, 2.75) is 44.3 Å². The highest BCUT2D eigenvalue weighted by molar-refractivity contribution is 5.74. The standard InChI is InChI=1S/C20H27FN6O/c1-27(2)18-11-12-22-19(26-18)24-15-7-9-16(10-8-15)25-20(28)23-13-14-5-3-4-6-17(14)21/h3-6,11-12,15-16H,7-10,13H2,1-2H3,(H,22,24,26)(H2,23,25,28)/t15-,16+. The number of carbonyl (C=O) groups is 1. The van der Waals surface area contributed by atoms with Gasteiger partial charge < -0.3 is 20.9 Å². The van der Waals surface area contributed by atoms with Gasteiger partial charge in [0.05, 0.1) is 0 Å². The number of aromatic nitrogens is 2. The van der Waals surface area contributed by atoms with Crippen molar-refractivity contribution in [3.05, 3.63) is 47.9 Å². The first-order valence-corrected chi connectivity index (χ1v) is 9.56. The molecule has 2 aromatic rings. The molecule has 0 radical (unpaired) electrons. The summed E-state index contributed by atoms with van der Waals surface area (Å²) in [5.41, 5.74) is 0.477. The first-order valence-electron chi connectivity index (χ1n) is 9.56. The van der Waals surface area contributed by atoms with Crippen molar-refractivity contribution in [2.75, 3.05) is 24.3 Å². The van der Waals surface area contributed by atoms with Crippen LogP contribution in [0.4, 0.5) is 21.0 Å². The highest BCUT2D eigenvalue weighted by atomic mass is 19.1. The maximum atomic E-state index is 13.6. The second-order valence-electron chi connectivity index (χ2n) is 7.24. The molecule has 7 nitrogen and oxygen atoms in total. The minimum Gasteiger partial charge on any atom is -0.363 e. The smallest absolute Gasteiger partial charge is 0.315 e. The van der Waals surface area contributed by atoms with Crippen LogP contribution in [-0.4, -0.2) is 42.2 Å². The number of anilines is 2. The Labute approximate surface area is 164 Å². The van der Waals surface area contributed by atoms with Gasteiger partial charge in [0.2, 0.25) is 5.95 Å². The normalized spacial score (nSPS) is 19.0. The van der Waals surface area contributed by atoms with Gasteiger partial charge in [-0.2, -0.15) is 4.98 Å². The molecule has 150 valence electrons. The Bertz CT molecular complexity index is 792.